The molecule has 0 radical (unpaired) electrons. The normalized spacial score (nSPS) is 14.1. The van der Waals surface area contributed by atoms with Crippen molar-refractivity contribution < 1.29 is 28.8 Å². The lowest BCUT2D eigenvalue weighted by Crippen LogP contribution is -2.31. The van der Waals surface area contributed by atoms with Gasteiger partial charge in [0.2, 0.25) is 0 Å². The van der Waals surface area contributed by atoms with Crippen LogP contribution in [0.1, 0.15) is 64.1 Å². The van der Waals surface area contributed by atoms with E-state index in [4.69, 9.17) is 18.9 Å². The molecule has 9 nitrogen and oxygen atoms in total. The molecule has 4 aromatic rings. The molecule has 0 spiro atoms. The second kappa shape index (κ2) is 12.7. The van der Waals surface area contributed by atoms with Crippen LogP contribution in [0.3, 0.4) is 0 Å². The number of carbonyl (C=O) groups is 1. The molecule has 9 heteroatoms. The molecule has 1 atom stereocenters. The number of aromatic hydroxyl groups is 1. The van der Waals surface area contributed by atoms with Gasteiger partial charge in [0.05, 0.1) is 34.0 Å². The summed E-state index contributed by atoms with van der Waals surface area (Å²) in [6, 6.07) is 14.8. The molecular weight excluding hydrogens is 546 g/mol. The molecular formula is C34H39N3O6. The number of nitrogens with one attached hydrogen (secondary N) is 1. The van der Waals surface area contributed by atoms with E-state index >= 15 is 0 Å². The fourth-order valence-corrected chi connectivity index (χ4v) is 5.80. The van der Waals surface area contributed by atoms with E-state index in [0.29, 0.717) is 59.5 Å². The molecule has 0 fully saturated rings. The summed E-state index contributed by atoms with van der Waals surface area (Å²) in [6.07, 6.45) is 2.55. The molecule has 1 amide bonds. The summed E-state index contributed by atoms with van der Waals surface area (Å²) in [7, 11) is 4.82. The van der Waals surface area contributed by atoms with Gasteiger partial charge in [-0.15, -0.1) is 0 Å². The van der Waals surface area contributed by atoms with Crippen molar-refractivity contribution >= 4 is 5.91 Å². The van der Waals surface area contributed by atoms with Gasteiger partial charge in [0.1, 0.15) is 17.1 Å². The highest BCUT2D eigenvalue weighted by atomic mass is 16.5. The molecule has 0 saturated heterocycles. The van der Waals surface area contributed by atoms with Crippen molar-refractivity contribution in [2.45, 2.75) is 46.1 Å². The summed E-state index contributed by atoms with van der Waals surface area (Å²) in [5, 5.41) is 18.6. The van der Waals surface area contributed by atoms with Gasteiger partial charge in [0, 0.05) is 17.7 Å². The molecule has 1 aromatic heterocycles. The largest absolute Gasteiger partial charge is 0.507 e. The van der Waals surface area contributed by atoms with E-state index < -0.39 is 6.04 Å². The maximum Gasteiger partial charge on any atom is 0.273 e. The van der Waals surface area contributed by atoms with Crippen LogP contribution in [0.15, 0.2) is 48.5 Å². The minimum Gasteiger partial charge on any atom is -0.507 e. The first-order valence-electron chi connectivity index (χ1n) is 14.5. The zero-order valence-corrected chi connectivity index (χ0v) is 25.6. The van der Waals surface area contributed by atoms with Crippen LogP contribution in [0.25, 0.3) is 11.3 Å². The lowest BCUT2D eigenvalue weighted by atomic mass is 9.93. The van der Waals surface area contributed by atoms with Crippen molar-refractivity contribution in [2.24, 2.45) is 0 Å². The molecule has 43 heavy (non-hydrogen) atoms. The SMILES string of the molecule is CCCCOc1ccc(C2c3c(-c4c(C)cc(C)cc4O)n[nH]c3C(=O)N2CCc2ccc(OC)c(OC)c2)cc1OC. The quantitative estimate of drug-likeness (QED) is 0.186. The van der Waals surface area contributed by atoms with Gasteiger partial charge in [-0.25, -0.2) is 0 Å². The molecule has 2 heterocycles. The van der Waals surface area contributed by atoms with Crippen molar-refractivity contribution in [3.05, 3.63) is 82.0 Å². The first-order valence-corrected chi connectivity index (χ1v) is 14.5. The number of ether oxygens (including phenoxy) is 4. The van der Waals surface area contributed by atoms with Gasteiger partial charge in [0.15, 0.2) is 23.0 Å². The number of rotatable bonds is 12. The molecule has 1 unspecified atom stereocenters. The average molecular weight is 586 g/mol. The van der Waals surface area contributed by atoms with Crippen LogP contribution < -0.4 is 18.9 Å². The maximum atomic E-state index is 14.0. The molecule has 0 saturated carbocycles. The number of hydrogen-bond acceptors (Lipinski definition) is 7. The second-order valence-corrected chi connectivity index (χ2v) is 10.8. The summed E-state index contributed by atoms with van der Waals surface area (Å²) in [5.74, 6) is 2.49. The number of fused-ring (bicyclic) bond motifs is 1. The number of methoxy groups -OCH3 is 3. The van der Waals surface area contributed by atoms with Gasteiger partial charge in [-0.1, -0.05) is 31.5 Å². The summed E-state index contributed by atoms with van der Waals surface area (Å²) >= 11 is 0. The zero-order chi connectivity index (χ0) is 30.7. The van der Waals surface area contributed by atoms with Crippen LogP contribution in [0.2, 0.25) is 0 Å². The number of hydrogen-bond donors (Lipinski definition) is 2. The number of aromatic nitrogens is 2. The number of phenols is 1. The first-order chi connectivity index (χ1) is 20.8. The van der Waals surface area contributed by atoms with Gasteiger partial charge in [0.25, 0.3) is 5.91 Å². The number of benzene rings is 3. The van der Waals surface area contributed by atoms with Gasteiger partial charge in [-0.3, -0.25) is 9.89 Å². The smallest absolute Gasteiger partial charge is 0.273 e. The summed E-state index contributed by atoms with van der Waals surface area (Å²) in [5.41, 5.74) is 5.97. The molecule has 5 rings (SSSR count). The van der Waals surface area contributed by atoms with Crippen LogP contribution >= 0.6 is 0 Å². The van der Waals surface area contributed by atoms with Crippen LogP contribution in [0.4, 0.5) is 0 Å². The van der Waals surface area contributed by atoms with Crippen molar-refractivity contribution in [3.8, 4) is 40.0 Å². The Balaban J connectivity index is 1.58. The lowest BCUT2D eigenvalue weighted by Gasteiger charge is -2.27. The Morgan fingerprint density at radius 3 is 2.35 bits per heavy atom. The minimum absolute atomic E-state index is 0.124. The predicted octanol–water partition coefficient (Wildman–Crippen LogP) is 6.39. The van der Waals surface area contributed by atoms with Gasteiger partial charge >= 0.3 is 0 Å². The highest BCUT2D eigenvalue weighted by Gasteiger charge is 2.43. The monoisotopic (exact) mass is 585 g/mol. The third-order valence-electron chi connectivity index (χ3n) is 7.91. The first kappa shape index (κ1) is 29.8. The molecule has 0 bridgehead atoms. The number of unbranched alkanes of at least 4 members (excludes halogenated alkanes) is 1. The van der Waals surface area contributed by atoms with E-state index in [0.717, 1.165) is 40.7 Å². The van der Waals surface area contributed by atoms with E-state index in [9.17, 15) is 9.90 Å². The summed E-state index contributed by atoms with van der Waals surface area (Å²) in [4.78, 5) is 15.8. The third kappa shape index (κ3) is 5.71. The predicted molar refractivity (Wildman–Crippen MR) is 165 cm³/mol. The number of aryl methyl sites for hydroxylation is 2. The standard InChI is InChI=1S/C34H39N3O6/c1-7-8-15-43-26-12-10-23(19-28(26)42-6)33-30-31(29-21(3)16-20(2)17-24(29)38)35-36-32(30)34(39)37(33)14-13-22-9-11-25(40-4)27(18-22)41-5/h9-12,16-19,33,38H,7-8,13-15H2,1-6H3,(H,35,36). The van der Waals surface area contributed by atoms with E-state index in [-0.39, 0.29) is 11.7 Å². The topological polar surface area (TPSA) is 106 Å². The summed E-state index contributed by atoms with van der Waals surface area (Å²) in [6.45, 7) is 7.01. The lowest BCUT2D eigenvalue weighted by molar-refractivity contribution is 0.0745. The van der Waals surface area contributed by atoms with E-state index in [1.54, 1.807) is 27.4 Å². The maximum absolute atomic E-state index is 14.0. The van der Waals surface area contributed by atoms with Gasteiger partial charge in [-0.2, -0.15) is 5.10 Å². The number of aromatic amines is 1. The average Bonchev–Trinajstić information content (AvgIpc) is 3.54. The fourth-order valence-electron chi connectivity index (χ4n) is 5.80. The molecule has 1 aliphatic heterocycles. The van der Waals surface area contributed by atoms with Crippen molar-refractivity contribution in [3.63, 3.8) is 0 Å². The van der Waals surface area contributed by atoms with Crippen molar-refractivity contribution in [1.29, 1.82) is 0 Å². The van der Waals surface area contributed by atoms with E-state index in [1.165, 1.54) is 0 Å². The Labute approximate surface area is 252 Å². The zero-order valence-electron chi connectivity index (χ0n) is 25.6. The molecule has 0 aliphatic carbocycles. The van der Waals surface area contributed by atoms with Crippen molar-refractivity contribution in [2.75, 3.05) is 34.5 Å². The number of carbonyl (C=O) groups excluding carboxylic acids is 1. The number of phenolic OH excluding ortho intramolecular Hbond substituents is 1. The molecule has 3 aromatic carbocycles. The number of nitrogens with zero attached hydrogens (tertiary/aromatic N) is 2. The molecule has 226 valence electrons. The van der Waals surface area contributed by atoms with Crippen LogP contribution in [0, 0.1) is 13.8 Å². The van der Waals surface area contributed by atoms with Gasteiger partial charge in [-0.05, 0) is 79.3 Å². The second-order valence-electron chi connectivity index (χ2n) is 10.8. The highest BCUT2D eigenvalue weighted by Crippen LogP contribution is 2.47. The van der Waals surface area contributed by atoms with Crippen LogP contribution in [0.5, 0.6) is 28.7 Å². The van der Waals surface area contributed by atoms with Gasteiger partial charge < -0.3 is 29.0 Å². The minimum atomic E-state index is -0.477. The van der Waals surface area contributed by atoms with E-state index in [2.05, 4.69) is 17.1 Å². The Morgan fingerprint density at radius 2 is 1.65 bits per heavy atom. The van der Waals surface area contributed by atoms with Crippen molar-refractivity contribution in [1.82, 2.24) is 15.1 Å². The number of H-pyrrole nitrogens is 1. The third-order valence-corrected chi connectivity index (χ3v) is 7.91. The Morgan fingerprint density at radius 1 is 0.930 bits per heavy atom. The highest BCUT2D eigenvalue weighted by molar-refractivity contribution is 6.00. The molecule has 1 aliphatic rings. The summed E-state index contributed by atoms with van der Waals surface area (Å²) < 4.78 is 22.6. The Hall–Kier alpha value is -4.66. The Bertz CT molecular complexity index is 1610. The fraction of sp³-hybridized carbons (Fsp3) is 0.353. The van der Waals surface area contributed by atoms with E-state index in [1.807, 2.05) is 61.2 Å². The Kier molecular flexibility index (Phi) is 8.80. The van der Waals surface area contributed by atoms with Crippen LogP contribution in [-0.2, 0) is 6.42 Å². The molecule has 2 N–H and O–H groups in total. The van der Waals surface area contributed by atoms with Crippen LogP contribution in [-0.4, -0.2) is 60.6 Å². The number of amides is 1.